The van der Waals surface area contributed by atoms with E-state index in [4.69, 9.17) is 9.47 Å². The molecule has 2 bridgehead atoms. The number of benzene rings is 2. The van der Waals surface area contributed by atoms with Crippen LogP contribution in [-0.2, 0) is 23.9 Å². The third-order valence-electron chi connectivity index (χ3n) is 11.4. The minimum atomic E-state index is -1.69. The molecular formula is C36H41NO7. The van der Waals surface area contributed by atoms with Crippen LogP contribution >= 0.6 is 0 Å². The maximum atomic E-state index is 13.7. The molecule has 4 saturated carbocycles. The van der Waals surface area contributed by atoms with Gasteiger partial charge in [0, 0.05) is 11.0 Å². The zero-order valence-corrected chi connectivity index (χ0v) is 25.4. The number of allylic oxidation sites excluding steroid dienone is 1. The van der Waals surface area contributed by atoms with Crippen molar-refractivity contribution in [2.45, 2.75) is 70.1 Å². The lowest BCUT2D eigenvalue weighted by molar-refractivity contribution is -0.191. The van der Waals surface area contributed by atoms with Crippen molar-refractivity contribution in [2.24, 2.45) is 34.5 Å². The van der Waals surface area contributed by atoms with Gasteiger partial charge in [0.2, 0.25) is 0 Å². The van der Waals surface area contributed by atoms with Crippen LogP contribution in [0.25, 0.3) is 0 Å². The highest BCUT2D eigenvalue weighted by molar-refractivity contribution is 6.03. The Bertz CT molecular complexity index is 1460. The first-order valence-electron chi connectivity index (χ1n) is 15.7. The van der Waals surface area contributed by atoms with Gasteiger partial charge in [-0.25, -0.2) is 4.79 Å². The minimum absolute atomic E-state index is 0.00843. The first-order valence-corrected chi connectivity index (χ1v) is 15.7. The zero-order chi connectivity index (χ0) is 31.2. The SMILES string of the molecule is C=C1C(=O)[C@@]23CCC4[C@H](C(=O)OC)C[C@@H](OC(=O)[C@H](O)[C@@H](NC(=O)c5ccccc5)c5ccccc5)C[C@@]4(C)[C@@H]2CC[C@@H]1C3. The first-order chi connectivity index (χ1) is 21.1. The van der Waals surface area contributed by atoms with Gasteiger partial charge >= 0.3 is 11.9 Å². The Morgan fingerprint density at radius 3 is 2.36 bits per heavy atom. The second-order valence-electron chi connectivity index (χ2n) is 13.5. The van der Waals surface area contributed by atoms with Crippen LogP contribution in [0.3, 0.4) is 0 Å². The molecule has 9 atom stereocenters. The van der Waals surface area contributed by atoms with E-state index in [0.717, 1.165) is 37.7 Å². The Hall–Kier alpha value is -3.78. The molecule has 1 unspecified atom stereocenters. The summed E-state index contributed by atoms with van der Waals surface area (Å²) >= 11 is 0. The van der Waals surface area contributed by atoms with Crippen LogP contribution in [0.2, 0.25) is 0 Å². The van der Waals surface area contributed by atoms with Crippen LogP contribution < -0.4 is 5.32 Å². The molecule has 0 heterocycles. The van der Waals surface area contributed by atoms with Gasteiger partial charge in [0.25, 0.3) is 5.91 Å². The van der Waals surface area contributed by atoms with E-state index < -0.39 is 46.9 Å². The van der Waals surface area contributed by atoms with E-state index in [1.165, 1.54) is 7.11 Å². The second-order valence-corrected chi connectivity index (χ2v) is 13.5. The summed E-state index contributed by atoms with van der Waals surface area (Å²) in [5.41, 5.74) is 0.765. The summed E-state index contributed by atoms with van der Waals surface area (Å²) in [6.07, 6.45) is 2.42. The number of carbonyl (C=O) groups is 4. The molecule has 4 aliphatic rings. The molecule has 0 aromatic heterocycles. The summed E-state index contributed by atoms with van der Waals surface area (Å²) in [7, 11) is 1.37. The van der Waals surface area contributed by atoms with Crippen molar-refractivity contribution in [1.82, 2.24) is 5.32 Å². The predicted molar refractivity (Wildman–Crippen MR) is 162 cm³/mol. The van der Waals surface area contributed by atoms with Crippen LogP contribution in [0.15, 0.2) is 72.8 Å². The summed E-state index contributed by atoms with van der Waals surface area (Å²) < 4.78 is 11.3. The number of rotatable bonds is 7. The van der Waals surface area contributed by atoms with Crippen LogP contribution in [0.5, 0.6) is 0 Å². The molecule has 2 aromatic rings. The van der Waals surface area contributed by atoms with Crippen molar-refractivity contribution in [1.29, 1.82) is 0 Å². The molecule has 2 aromatic carbocycles. The summed E-state index contributed by atoms with van der Waals surface area (Å²) in [6.45, 7) is 6.30. The number of hydrogen-bond acceptors (Lipinski definition) is 7. The largest absolute Gasteiger partial charge is 0.469 e. The summed E-state index contributed by atoms with van der Waals surface area (Å²) in [5, 5.41) is 14.2. The topological polar surface area (TPSA) is 119 Å². The van der Waals surface area contributed by atoms with E-state index >= 15 is 0 Å². The third-order valence-corrected chi connectivity index (χ3v) is 11.4. The Kier molecular flexibility index (Phi) is 7.99. The van der Waals surface area contributed by atoms with Crippen molar-refractivity contribution < 1.29 is 33.8 Å². The number of ether oxygens (including phenoxy) is 2. The van der Waals surface area contributed by atoms with Gasteiger partial charge in [-0.3, -0.25) is 14.4 Å². The lowest BCUT2D eigenvalue weighted by Gasteiger charge is -2.61. The molecule has 8 heteroatoms. The third kappa shape index (κ3) is 4.97. The second kappa shape index (κ2) is 11.6. The molecule has 1 spiro atoms. The number of nitrogens with one attached hydrogen (secondary N) is 1. The average molecular weight is 600 g/mol. The molecule has 0 radical (unpaired) electrons. The molecule has 4 fully saturated rings. The van der Waals surface area contributed by atoms with Gasteiger partial charge in [-0.05, 0) is 91.4 Å². The molecular weight excluding hydrogens is 558 g/mol. The van der Waals surface area contributed by atoms with Crippen molar-refractivity contribution >= 4 is 23.6 Å². The van der Waals surface area contributed by atoms with E-state index in [0.29, 0.717) is 17.5 Å². The first kappa shape index (κ1) is 30.3. The number of fused-ring (bicyclic) bond motifs is 3. The van der Waals surface area contributed by atoms with Crippen LogP contribution in [0.1, 0.15) is 73.8 Å². The van der Waals surface area contributed by atoms with Gasteiger partial charge in [-0.2, -0.15) is 0 Å². The van der Waals surface area contributed by atoms with Crippen molar-refractivity contribution in [3.63, 3.8) is 0 Å². The van der Waals surface area contributed by atoms with Crippen molar-refractivity contribution in [2.75, 3.05) is 7.11 Å². The lowest BCUT2D eigenvalue weighted by atomic mass is 9.43. The monoisotopic (exact) mass is 599 g/mol. The number of amides is 1. The van der Waals surface area contributed by atoms with Gasteiger partial charge in [0.1, 0.15) is 6.10 Å². The highest BCUT2D eigenvalue weighted by atomic mass is 16.6. The van der Waals surface area contributed by atoms with E-state index in [2.05, 4.69) is 18.8 Å². The van der Waals surface area contributed by atoms with Crippen LogP contribution in [0.4, 0.5) is 0 Å². The van der Waals surface area contributed by atoms with E-state index in [-0.39, 0.29) is 35.9 Å². The molecule has 8 nitrogen and oxygen atoms in total. The average Bonchev–Trinajstić information content (AvgIpc) is 3.21. The fourth-order valence-corrected chi connectivity index (χ4v) is 9.40. The number of Topliss-reactive ketones (excluding diaryl/α,β-unsaturated/α-hetero) is 1. The standard InChI is InChI=1S/C36H41NO7/c1-21-24-14-15-28-35(2)20-25(18-26(33(41)43-3)27(35)16-17-36(28,19-24)31(21)39)44-34(42)30(38)29(22-10-6-4-7-11-22)37-32(40)23-12-8-5-9-13-23/h4-13,24-30,38H,1,14-20H2,2-3H3,(H,37,40)/t24-,25-,26-,27?,28+,29+,30-,35-,36-/m1/s1. The lowest BCUT2D eigenvalue weighted by Crippen LogP contribution is -2.59. The van der Waals surface area contributed by atoms with Gasteiger partial charge in [0.15, 0.2) is 11.9 Å². The Balaban J connectivity index is 1.26. The van der Waals surface area contributed by atoms with Gasteiger partial charge in [-0.15, -0.1) is 0 Å². The Morgan fingerprint density at radius 2 is 1.68 bits per heavy atom. The number of carbonyl (C=O) groups excluding carboxylic acids is 4. The fourth-order valence-electron chi connectivity index (χ4n) is 9.40. The predicted octanol–water partition coefficient (Wildman–Crippen LogP) is 4.97. The molecule has 0 aliphatic heterocycles. The molecule has 4 aliphatic carbocycles. The fraction of sp³-hybridized carbons (Fsp3) is 0.500. The summed E-state index contributed by atoms with van der Waals surface area (Å²) in [4.78, 5) is 53.5. The quantitative estimate of drug-likeness (QED) is 0.341. The van der Waals surface area contributed by atoms with Crippen molar-refractivity contribution in [3.8, 4) is 0 Å². The highest BCUT2D eigenvalue weighted by Gasteiger charge is 2.67. The number of aliphatic hydroxyl groups is 1. The number of methoxy groups -OCH3 is 1. The Morgan fingerprint density at radius 1 is 1.00 bits per heavy atom. The molecule has 0 saturated heterocycles. The molecule has 44 heavy (non-hydrogen) atoms. The maximum Gasteiger partial charge on any atom is 0.337 e. The molecule has 232 valence electrons. The van der Waals surface area contributed by atoms with E-state index in [1.807, 2.05) is 6.07 Å². The van der Waals surface area contributed by atoms with E-state index in [9.17, 15) is 24.3 Å². The van der Waals surface area contributed by atoms with Gasteiger partial charge < -0.3 is 19.9 Å². The Labute approximate surface area is 258 Å². The van der Waals surface area contributed by atoms with Crippen LogP contribution in [0, 0.1) is 34.5 Å². The van der Waals surface area contributed by atoms with Gasteiger partial charge in [-0.1, -0.05) is 62.0 Å². The molecule has 2 N–H and O–H groups in total. The zero-order valence-electron chi connectivity index (χ0n) is 25.4. The molecule has 1 amide bonds. The summed E-state index contributed by atoms with van der Waals surface area (Å²) in [5.74, 6) is -1.71. The van der Waals surface area contributed by atoms with Crippen molar-refractivity contribution in [3.05, 3.63) is 83.9 Å². The highest BCUT2D eigenvalue weighted by Crippen LogP contribution is 2.69. The molecule has 6 rings (SSSR count). The normalized spacial score (nSPS) is 33.8. The number of ketones is 1. The minimum Gasteiger partial charge on any atom is -0.469 e. The number of aliphatic hydroxyl groups excluding tert-OH is 1. The van der Waals surface area contributed by atoms with E-state index in [1.54, 1.807) is 54.6 Å². The number of hydrogen-bond donors (Lipinski definition) is 2. The number of esters is 2. The maximum absolute atomic E-state index is 13.7. The van der Waals surface area contributed by atoms with Crippen LogP contribution in [-0.4, -0.2) is 48.1 Å². The smallest absolute Gasteiger partial charge is 0.337 e. The van der Waals surface area contributed by atoms with Gasteiger partial charge in [0.05, 0.1) is 19.1 Å². The summed E-state index contributed by atoms with van der Waals surface area (Å²) in [6, 6.07) is 16.3.